The monoisotopic (exact) mass is 234 g/mol. The summed E-state index contributed by atoms with van der Waals surface area (Å²) in [5.74, 6) is 3.93. The molecule has 2 N–H and O–H groups in total. The lowest BCUT2D eigenvalue weighted by Gasteiger charge is -2.33. The minimum atomic E-state index is 0.351. The molecule has 1 aliphatic rings. The number of hydrogen-bond donors (Lipinski definition) is 2. The Bertz CT molecular complexity index is 383. The molecule has 0 bridgehead atoms. The Morgan fingerprint density at radius 1 is 1.24 bits per heavy atom. The number of nitrogens with zero attached hydrogens (tertiary/aromatic N) is 2. The fourth-order valence-corrected chi connectivity index (χ4v) is 2.16. The predicted molar refractivity (Wildman–Crippen MR) is 71.5 cm³/mol. The Balaban J connectivity index is 2.12. The van der Waals surface area contributed by atoms with Gasteiger partial charge in [-0.3, -0.25) is 0 Å². The highest BCUT2D eigenvalue weighted by atomic mass is 15.1. The number of aromatic nitrogens is 2. The van der Waals surface area contributed by atoms with Gasteiger partial charge in [0.2, 0.25) is 0 Å². The summed E-state index contributed by atoms with van der Waals surface area (Å²) in [4.78, 5) is 9.02. The third kappa shape index (κ3) is 2.87. The minimum absolute atomic E-state index is 0.351. The molecule has 2 rings (SSSR count). The van der Waals surface area contributed by atoms with E-state index in [4.69, 9.17) is 0 Å². The van der Waals surface area contributed by atoms with Crippen LogP contribution in [0, 0.1) is 5.92 Å². The molecule has 0 aromatic carbocycles. The van der Waals surface area contributed by atoms with E-state index in [1.54, 1.807) is 0 Å². The van der Waals surface area contributed by atoms with E-state index < -0.39 is 0 Å². The first-order valence-corrected chi connectivity index (χ1v) is 6.41. The van der Waals surface area contributed by atoms with E-state index in [2.05, 4.69) is 41.4 Å². The number of hydrogen-bond acceptors (Lipinski definition) is 4. The van der Waals surface area contributed by atoms with E-state index >= 15 is 0 Å². The smallest absolute Gasteiger partial charge is 0.135 e. The molecule has 0 saturated heterocycles. The minimum Gasteiger partial charge on any atom is -0.373 e. The maximum absolute atomic E-state index is 4.57. The molecule has 1 saturated carbocycles. The van der Waals surface area contributed by atoms with Crippen molar-refractivity contribution in [1.29, 1.82) is 0 Å². The highest BCUT2D eigenvalue weighted by Gasteiger charge is 2.25. The molecular weight excluding hydrogens is 212 g/mol. The lowest BCUT2D eigenvalue weighted by atomic mass is 9.82. The van der Waals surface area contributed by atoms with Gasteiger partial charge in [-0.1, -0.05) is 20.8 Å². The molecule has 1 aromatic rings. The van der Waals surface area contributed by atoms with Crippen LogP contribution in [-0.4, -0.2) is 23.1 Å². The molecule has 1 fully saturated rings. The zero-order valence-electron chi connectivity index (χ0n) is 11.1. The summed E-state index contributed by atoms with van der Waals surface area (Å²) in [6.07, 6.45) is 2.49. The van der Waals surface area contributed by atoms with Crippen molar-refractivity contribution in [2.24, 2.45) is 5.92 Å². The van der Waals surface area contributed by atoms with Crippen LogP contribution in [0.1, 0.15) is 45.4 Å². The van der Waals surface area contributed by atoms with E-state index in [0.717, 1.165) is 23.4 Å². The molecule has 4 heteroatoms. The van der Waals surface area contributed by atoms with Crippen molar-refractivity contribution in [2.75, 3.05) is 17.7 Å². The zero-order chi connectivity index (χ0) is 12.4. The van der Waals surface area contributed by atoms with Gasteiger partial charge in [0.25, 0.3) is 0 Å². The number of nitrogens with one attached hydrogen (secondary N) is 2. The van der Waals surface area contributed by atoms with Gasteiger partial charge >= 0.3 is 0 Å². The van der Waals surface area contributed by atoms with Crippen LogP contribution >= 0.6 is 0 Å². The number of rotatable bonds is 4. The molecule has 0 unspecified atom stereocenters. The second-order valence-corrected chi connectivity index (χ2v) is 5.32. The molecule has 0 spiro atoms. The molecule has 0 aliphatic heterocycles. The van der Waals surface area contributed by atoms with Crippen molar-refractivity contribution < 1.29 is 0 Å². The maximum atomic E-state index is 4.57. The second kappa shape index (κ2) is 4.90. The molecule has 0 amide bonds. The Hall–Kier alpha value is -1.32. The summed E-state index contributed by atoms with van der Waals surface area (Å²) in [7, 11) is 1.89. The normalized spacial score (nSPS) is 23.4. The second-order valence-electron chi connectivity index (χ2n) is 5.32. The molecule has 4 nitrogen and oxygen atoms in total. The van der Waals surface area contributed by atoms with E-state index in [1.165, 1.54) is 12.8 Å². The highest BCUT2D eigenvalue weighted by molar-refractivity contribution is 5.48. The average Bonchev–Trinajstić information content (AvgIpc) is 2.26. The molecular formula is C13H22N4. The Labute approximate surface area is 103 Å². The van der Waals surface area contributed by atoms with Crippen molar-refractivity contribution >= 4 is 11.6 Å². The van der Waals surface area contributed by atoms with Gasteiger partial charge in [-0.05, 0) is 18.8 Å². The van der Waals surface area contributed by atoms with Crippen LogP contribution in [0.4, 0.5) is 11.6 Å². The SMILES string of the molecule is CNc1cc(NC2CC(C)C2)nc(C(C)C)n1. The molecule has 1 heterocycles. The molecule has 0 radical (unpaired) electrons. The van der Waals surface area contributed by atoms with Crippen LogP contribution in [0.3, 0.4) is 0 Å². The van der Waals surface area contributed by atoms with E-state index in [0.29, 0.717) is 12.0 Å². The third-order valence-electron chi connectivity index (χ3n) is 3.24. The van der Waals surface area contributed by atoms with Gasteiger partial charge in [0.15, 0.2) is 0 Å². The first-order valence-electron chi connectivity index (χ1n) is 6.41. The quantitative estimate of drug-likeness (QED) is 0.841. The van der Waals surface area contributed by atoms with Crippen molar-refractivity contribution in [1.82, 2.24) is 9.97 Å². The Morgan fingerprint density at radius 3 is 2.41 bits per heavy atom. The van der Waals surface area contributed by atoms with E-state index in [-0.39, 0.29) is 0 Å². The first-order chi connectivity index (χ1) is 8.08. The van der Waals surface area contributed by atoms with Crippen molar-refractivity contribution in [3.8, 4) is 0 Å². The third-order valence-corrected chi connectivity index (χ3v) is 3.24. The van der Waals surface area contributed by atoms with Gasteiger partial charge in [-0.2, -0.15) is 0 Å². The standard InChI is InChI=1S/C13H22N4/c1-8(2)13-16-11(14-4)7-12(17-13)15-10-5-9(3)6-10/h7-10H,5-6H2,1-4H3,(H2,14,15,16,17). The molecule has 1 aromatic heterocycles. The van der Waals surface area contributed by atoms with E-state index in [1.807, 2.05) is 13.1 Å². The zero-order valence-corrected chi connectivity index (χ0v) is 11.1. The Kier molecular flexibility index (Phi) is 3.50. The van der Waals surface area contributed by atoms with Crippen LogP contribution in [0.25, 0.3) is 0 Å². The molecule has 17 heavy (non-hydrogen) atoms. The fourth-order valence-electron chi connectivity index (χ4n) is 2.16. The van der Waals surface area contributed by atoms with Crippen LogP contribution in [0.15, 0.2) is 6.07 Å². The first kappa shape index (κ1) is 12.1. The van der Waals surface area contributed by atoms with Gasteiger partial charge < -0.3 is 10.6 Å². The molecule has 0 atom stereocenters. The molecule has 94 valence electrons. The maximum Gasteiger partial charge on any atom is 0.135 e. The predicted octanol–water partition coefficient (Wildman–Crippen LogP) is 2.85. The summed E-state index contributed by atoms with van der Waals surface area (Å²) >= 11 is 0. The van der Waals surface area contributed by atoms with Gasteiger partial charge in [0, 0.05) is 25.1 Å². The average molecular weight is 234 g/mol. The van der Waals surface area contributed by atoms with Crippen LogP contribution < -0.4 is 10.6 Å². The fraction of sp³-hybridized carbons (Fsp3) is 0.692. The Morgan fingerprint density at radius 2 is 1.88 bits per heavy atom. The largest absolute Gasteiger partial charge is 0.373 e. The van der Waals surface area contributed by atoms with Gasteiger partial charge in [0.1, 0.15) is 17.5 Å². The van der Waals surface area contributed by atoms with Crippen molar-refractivity contribution in [2.45, 2.75) is 45.6 Å². The summed E-state index contributed by atoms with van der Waals surface area (Å²) in [5, 5.41) is 6.58. The van der Waals surface area contributed by atoms with Crippen molar-refractivity contribution in [3.63, 3.8) is 0 Å². The summed E-state index contributed by atoms with van der Waals surface area (Å²) in [6.45, 7) is 6.52. The lowest BCUT2D eigenvalue weighted by molar-refractivity contribution is 0.308. The van der Waals surface area contributed by atoms with Gasteiger partial charge in [-0.15, -0.1) is 0 Å². The number of anilines is 2. The van der Waals surface area contributed by atoms with Crippen LogP contribution in [0.5, 0.6) is 0 Å². The van der Waals surface area contributed by atoms with Crippen LogP contribution in [0.2, 0.25) is 0 Å². The summed E-state index contributed by atoms with van der Waals surface area (Å²) in [6, 6.07) is 2.57. The van der Waals surface area contributed by atoms with Gasteiger partial charge in [0.05, 0.1) is 0 Å². The highest BCUT2D eigenvalue weighted by Crippen LogP contribution is 2.29. The molecule has 1 aliphatic carbocycles. The lowest BCUT2D eigenvalue weighted by Crippen LogP contribution is -2.34. The topological polar surface area (TPSA) is 49.8 Å². The van der Waals surface area contributed by atoms with Gasteiger partial charge in [-0.25, -0.2) is 9.97 Å². The summed E-state index contributed by atoms with van der Waals surface area (Å²) in [5.41, 5.74) is 0. The van der Waals surface area contributed by atoms with E-state index in [9.17, 15) is 0 Å². The van der Waals surface area contributed by atoms with Crippen LogP contribution in [-0.2, 0) is 0 Å². The summed E-state index contributed by atoms with van der Waals surface area (Å²) < 4.78 is 0. The van der Waals surface area contributed by atoms with Crippen molar-refractivity contribution in [3.05, 3.63) is 11.9 Å².